The molecule has 21 heavy (non-hydrogen) atoms. The maximum absolute atomic E-state index is 13.0. The van der Waals surface area contributed by atoms with Crippen molar-refractivity contribution in [3.63, 3.8) is 0 Å². The van der Waals surface area contributed by atoms with Crippen LogP contribution in [0.4, 0.5) is 4.39 Å². The standard InChI is InChI=1S/C16H16BrClFNO/c1-10(20-2)14-7-12(17)4-6-16(14)21-9-11-3-5-13(19)8-15(11)18/h3-8,10,20H,9H2,1-2H3. The van der Waals surface area contributed by atoms with Gasteiger partial charge in [-0.3, -0.25) is 0 Å². The molecule has 2 aromatic rings. The molecule has 0 fully saturated rings. The Morgan fingerprint density at radius 3 is 2.71 bits per heavy atom. The highest BCUT2D eigenvalue weighted by Crippen LogP contribution is 2.29. The molecule has 0 saturated heterocycles. The van der Waals surface area contributed by atoms with Gasteiger partial charge in [-0.1, -0.05) is 33.6 Å². The second kappa shape index (κ2) is 7.25. The van der Waals surface area contributed by atoms with Crippen LogP contribution in [0.3, 0.4) is 0 Å². The highest BCUT2D eigenvalue weighted by Gasteiger charge is 2.12. The molecule has 1 atom stereocenters. The zero-order chi connectivity index (χ0) is 15.4. The molecule has 1 N–H and O–H groups in total. The Morgan fingerprint density at radius 2 is 2.05 bits per heavy atom. The highest BCUT2D eigenvalue weighted by molar-refractivity contribution is 9.10. The van der Waals surface area contributed by atoms with E-state index in [1.165, 1.54) is 12.1 Å². The Balaban J connectivity index is 2.19. The van der Waals surface area contributed by atoms with Crippen LogP contribution in [-0.4, -0.2) is 7.05 Å². The zero-order valence-corrected chi connectivity index (χ0v) is 14.1. The van der Waals surface area contributed by atoms with E-state index in [4.69, 9.17) is 16.3 Å². The van der Waals surface area contributed by atoms with Crippen molar-refractivity contribution in [2.24, 2.45) is 0 Å². The molecule has 0 aliphatic carbocycles. The van der Waals surface area contributed by atoms with Crippen molar-refractivity contribution in [2.45, 2.75) is 19.6 Å². The van der Waals surface area contributed by atoms with E-state index in [-0.39, 0.29) is 11.9 Å². The lowest BCUT2D eigenvalue weighted by atomic mass is 10.1. The number of nitrogens with one attached hydrogen (secondary N) is 1. The molecule has 0 saturated carbocycles. The minimum absolute atomic E-state index is 0.154. The largest absolute Gasteiger partial charge is 0.489 e. The van der Waals surface area contributed by atoms with Crippen LogP contribution in [0.25, 0.3) is 0 Å². The molecule has 0 aliphatic heterocycles. The Kier molecular flexibility index (Phi) is 5.62. The fourth-order valence-electron chi connectivity index (χ4n) is 1.94. The van der Waals surface area contributed by atoms with E-state index in [2.05, 4.69) is 28.2 Å². The average molecular weight is 373 g/mol. The van der Waals surface area contributed by atoms with Crippen LogP contribution in [-0.2, 0) is 6.61 Å². The third kappa shape index (κ3) is 4.19. The molecule has 0 radical (unpaired) electrons. The van der Waals surface area contributed by atoms with E-state index in [1.54, 1.807) is 6.07 Å². The molecule has 112 valence electrons. The van der Waals surface area contributed by atoms with E-state index in [0.717, 1.165) is 21.3 Å². The molecule has 2 aromatic carbocycles. The van der Waals surface area contributed by atoms with Crippen molar-refractivity contribution in [2.75, 3.05) is 7.05 Å². The number of ether oxygens (including phenoxy) is 1. The van der Waals surface area contributed by atoms with E-state index in [0.29, 0.717) is 11.6 Å². The van der Waals surface area contributed by atoms with E-state index >= 15 is 0 Å². The Labute approximate surface area is 137 Å². The minimum Gasteiger partial charge on any atom is -0.489 e. The molecule has 5 heteroatoms. The first-order valence-corrected chi connectivity index (χ1v) is 7.72. The topological polar surface area (TPSA) is 21.3 Å². The van der Waals surface area contributed by atoms with Crippen LogP contribution in [0.2, 0.25) is 5.02 Å². The smallest absolute Gasteiger partial charge is 0.124 e. The van der Waals surface area contributed by atoms with Crippen molar-refractivity contribution in [1.82, 2.24) is 5.32 Å². The summed E-state index contributed by atoms with van der Waals surface area (Å²) in [5.74, 6) is 0.428. The molecule has 2 rings (SSSR count). The molecule has 2 nitrogen and oxygen atoms in total. The normalized spacial score (nSPS) is 12.2. The predicted molar refractivity (Wildman–Crippen MR) is 87.4 cm³/mol. The molecule has 0 amide bonds. The second-order valence-electron chi connectivity index (χ2n) is 4.72. The maximum atomic E-state index is 13.0. The van der Waals surface area contributed by atoms with Gasteiger partial charge in [0.1, 0.15) is 18.2 Å². The first-order chi connectivity index (χ1) is 10.0. The predicted octanol–water partition coefficient (Wildman–Crippen LogP) is 5.10. The molecule has 0 aromatic heterocycles. The Morgan fingerprint density at radius 1 is 1.29 bits per heavy atom. The highest BCUT2D eigenvalue weighted by atomic mass is 79.9. The molecule has 0 heterocycles. The van der Waals surface area contributed by atoms with Gasteiger partial charge in [-0.05, 0) is 44.3 Å². The van der Waals surface area contributed by atoms with Gasteiger partial charge in [0.05, 0.1) is 5.02 Å². The Bertz CT molecular complexity index is 636. The van der Waals surface area contributed by atoms with Crippen LogP contribution in [0, 0.1) is 5.82 Å². The second-order valence-corrected chi connectivity index (χ2v) is 6.04. The number of halogens is 3. The fourth-order valence-corrected chi connectivity index (χ4v) is 2.54. The lowest BCUT2D eigenvalue weighted by Crippen LogP contribution is -2.14. The van der Waals surface area contributed by atoms with Crippen molar-refractivity contribution in [1.29, 1.82) is 0 Å². The van der Waals surface area contributed by atoms with Gasteiger partial charge >= 0.3 is 0 Å². The number of benzene rings is 2. The van der Waals surface area contributed by atoms with Crippen molar-refractivity contribution < 1.29 is 9.13 Å². The molecule has 0 aliphatic rings. The molecular weight excluding hydrogens is 357 g/mol. The summed E-state index contributed by atoms with van der Waals surface area (Å²) in [6, 6.07) is 10.3. The summed E-state index contributed by atoms with van der Waals surface area (Å²) in [5.41, 5.74) is 1.80. The van der Waals surface area contributed by atoms with Gasteiger partial charge < -0.3 is 10.1 Å². The van der Waals surface area contributed by atoms with Gasteiger partial charge in [-0.15, -0.1) is 0 Å². The maximum Gasteiger partial charge on any atom is 0.124 e. The van der Waals surface area contributed by atoms with Gasteiger partial charge in [-0.25, -0.2) is 4.39 Å². The zero-order valence-electron chi connectivity index (χ0n) is 11.8. The summed E-state index contributed by atoms with van der Waals surface area (Å²) in [6.07, 6.45) is 0. The average Bonchev–Trinajstić information content (AvgIpc) is 2.46. The number of hydrogen-bond donors (Lipinski definition) is 1. The third-order valence-corrected chi connectivity index (χ3v) is 4.11. The monoisotopic (exact) mass is 371 g/mol. The molecule has 0 bridgehead atoms. The SMILES string of the molecule is CNC(C)c1cc(Br)ccc1OCc1ccc(F)cc1Cl. The van der Waals surface area contributed by atoms with Crippen molar-refractivity contribution >= 4 is 27.5 Å². The third-order valence-electron chi connectivity index (χ3n) is 3.27. The fraction of sp³-hybridized carbons (Fsp3) is 0.250. The van der Waals surface area contributed by atoms with Crippen LogP contribution in [0.15, 0.2) is 40.9 Å². The summed E-state index contributed by atoms with van der Waals surface area (Å²) in [7, 11) is 1.90. The minimum atomic E-state index is -0.350. The molecule has 1 unspecified atom stereocenters. The first-order valence-electron chi connectivity index (χ1n) is 6.54. The summed E-state index contributed by atoms with van der Waals surface area (Å²) in [5, 5.41) is 3.56. The Hall–Kier alpha value is -1.10. The van der Waals surface area contributed by atoms with E-state index < -0.39 is 0 Å². The summed E-state index contributed by atoms with van der Waals surface area (Å²) >= 11 is 9.47. The van der Waals surface area contributed by atoms with Gasteiger partial charge in [-0.2, -0.15) is 0 Å². The van der Waals surface area contributed by atoms with E-state index in [9.17, 15) is 4.39 Å². The quantitative estimate of drug-likeness (QED) is 0.788. The van der Waals surface area contributed by atoms with Crippen molar-refractivity contribution in [3.05, 3.63) is 62.8 Å². The lowest BCUT2D eigenvalue weighted by Gasteiger charge is -2.17. The van der Waals surface area contributed by atoms with Crippen LogP contribution >= 0.6 is 27.5 Å². The summed E-state index contributed by atoms with van der Waals surface area (Å²) in [4.78, 5) is 0. The van der Waals surface area contributed by atoms with Gasteiger partial charge in [0.15, 0.2) is 0 Å². The number of rotatable bonds is 5. The van der Waals surface area contributed by atoms with Crippen LogP contribution < -0.4 is 10.1 Å². The summed E-state index contributed by atoms with van der Waals surface area (Å²) in [6.45, 7) is 2.35. The van der Waals surface area contributed by atoms with Crippen LogP contribution in [0.5, 0.6) is 5.75 Å². The van der Waals surface area contributed by atoms with Gasteiger partial charge in [0, 0.05) is 21.6 Å². The van der Waals surface area contributed by atoms with Gasteiger partial charge in [0.2, 0.25) is 0 Å². The number of hydrogen-bond acceptors (Lipinski definition) is 2. The van der Waals surface area contributed by atoms with Gasteiger partial charge in [0.25, 0.3) is 0 Å². The lowest BCUT2D eigenvalue weighted by molar-refractivity contribution is 0.300. The first kappa shape index (κ1) is 16.3. The molecular formula is C16H16BrClFNO. The summed E-state index contributed by atoms with van der Waals surface area (Å²) < 4.78 is 19.9. The molecule has 0 spiro atoms. The van der Waals surface area contributed by atoms with Crippen molar-refractivity contribution in [3.8, 4) is 5.75 Å². The van der Waals surface area contributed by atoms with Crippen LogP contribution in [0.1, 0.15) is 24.1 Å². The van der Waals surface area contributed by atoms with E-state index in [1.807, 2.05) is 25.2 Å².